The lowest BCUT2D eigenvalue weighted by atomic mass is 10.1. The molecule has 1 aliphatic heterocycles. The van der Waals surface area contributed by atoms with Gasteiger partial charge in [0.05, 0.1) is 6.04 Å². The molecule has 0 bridgehead atoms. The van der Waals surface area contributed by atoms with E-state index in [1.54, 1.807) is 17.2 Å². The number of carbonyl (C=O) groups is 2. The Kier molecular flexibility index (Phi) is 5.06. The predicted molar refractivity (Wildman–Crippen MR) is 104 cm³/mol. The van der Waals surface area contributed by atoms with Crippen molar-refractivity contribution in [1.29, 1.82) is 0 Å². The van der Waals surface area contributed by atoms with Gasteiger partial charge in [-0.3, -0.25) is 4.79 Å². The van der Waals surface area contributed by atoms with Crippen LogP contribution in [-0.4, -0.2) is 44.4 Å². The lowest BCUT2D eigenvalue weighted by Crippen LogP contribution is -2.41. The highest BCUT2D eigenvalue weighted by atomic mass is 16.6. The van der Waals surface area contributed by atoms with Crippen LogP contribution in [0.15, 0.2) is 48.7 Å². The zero-order valence-electron chi connectivity index (χ0n) is 15.7. The zero-order valence-corrected chi connectivity index (χ0v) is 15.7. The van der Waals surface area contributed by atoms with Crippen LogP contribution in [0.3, 0.4) is 0 Å². The molecule has 0 spiro atoms. The van der Waals surface area contributed by atoms with Crippen molar-refractivity contribution in [3.05, 3.63) is 60.0 Å². The van der Waals surface area contributed by atoms with E-state index in [0.717, 1.165) is 18.4 Å². The molecule has 1 amide bonds. The maximum absolute atomic E-state index is 12.6. The molecule has 28 heavy (non-hydrogen) atoms. The van der Waals surface area contributed by atoms with E-state index >= 15 is 0 Å². The van der Waals surface area contributed by atoms with E-state index in [1.807, 2.05) is 41.0 Å². The van der Waals surface area contributed by atoms with Gasteiger partial charge in [-0.25, -0.2) is 14.8 Å². The average molecular weight is 378 g/mol. The molecule has 1 saturated heterocycles. The number of benzene rings is 1. The first kappa shape index (κ1) is 18.2. The second-order valence-electron chi connectivity index (χ2n) is 6.99. The lowest BCUT2D eigenvalue weighted by molar-refractivity contribution is 0.0799. The highest BCUT2D eigenvalue weighted by molar-refractivity contribution is 5.94. The van der Waals surface area contributed by atoms with Crippen LogP contribution in [0, 0.1) is 0 Å². The van der Waals surface area contributed by atoms with Crippen LogP contribution in [0.5, 0.6) is 0 Å². The van der Waals surface area contributed by atoms with Crippen molar-refractivity contribution in [3.63, 3.8) is 0 Å². The van der Waals surface area contributed by atoms with E-state index in [4.69, 9.17) is 4.74 Å². The summed E-state index contributed by atoms with van der Waals surface area (Å²) in [6.45, 7) is 2.86. The standard InChI is InChI=1S/C21H22N4O3/c1-15(26)19-23-18-10-5-11-22-20(18)25(19)17-9-6-12-24(13-17)21(27)28-14-16-7-3-2-4-8-16/h2-5,7-8,10-11,17H,6,9,12-14H2,1H3/t17-/m1/s1. The number of Topliss-reactive ketones (excluding diaryl/α,β-unsaturated/α-hetero) is 1. The van der Waals surface area contributed by atoms with Gasteiger partial charge in [-0.15, -0.1) is 0 Å². The molecule has 0 saturated carbocycles. The van der Waals surface area contributed by atoms with Crippen LogP contribution in [0.2, 0.25) is 0 Å². The van der Waals surface area contributed by atoms with Crippen LogP contribution >= 0.6 is 0 Å². The second-order valence-corrected chi connectivity index (χ2v) is 6.99. The van der Waals surface area contributed by atoms with E-state index in [1.165, 1.54) is 6.92 Å². The minimum absolute atomic E-state index is 0.0585. The third kappa shape index (κ3) is 3.60. The highest BCUT2D eigenvalue weighted by Gasteiger charge is 2.29. The van der Waals surface area contributed by atoms with Crippen molar-refractivity contribution >= 4 is 23.0 Å². The molecule has 0 radical (unpaired) electrons. The first-order chi connectivity index (χ1) is 13.6. The maximum atomic E-state index is 12.6. The van der Waals surface area contributed by atoms with Gasteiger partial charge in [0.2, 0.25) is 0 Å². The molecule has 3 aromatic rings. The normalized spacial score (nSPS) is 16.9. The van der Waals surface area contributed by atoms with Crippen molar-refractivity contribution in [1.82, 2.24) is 19.4 Å². The van der Waals surface area contributed by atoms with Crippen LogP contribution in [0.1, 0.15) is 42.0 Å². The topological polar surface area (TPSA) is 77.3 Å². The van der Waals surface area contributed by atoms with E-state index in [-0.39, 0.29) is 24.5 Å². The number of amides is 1. The Morgan fingerprint density at radius 2 is 2.00 bits per heavy atom. The summed E-state index contributed by atoms with van der Waals surface area (Å²) in [5, 5.41) is 0. The molecule has 1 atom stereocenters. The van der Waals surface area contributed by atoms with Gasteiger partial charge < -0.3 is 14.2 Å². The molecule has 4 rings (SSSR count). The molecule has 7 heteroatoms. The Morgan fingerprint density at radius 3 is 2.79 bits per heavy atom. The summed E-state index contributed by atoms with van der Waals surface area (Å²) in [6, 6.07) is 13.2. The number of fused-ring (bicyclic) bond motifs is 1. The first-order valence-corrected chi connectivity index (χ1v) is 9.43. The van der Waals surface area contributed by atoms with Gasteiger partial charge in [0, 0.05) is 26.2 Å². The van der Waals surface area contributed by atoms with Crippen molar-refractivity contribution in [3.8, 4) is 0 Å². The van der Waals surface area contributed by atoms with E-state index in [0.29, 0.717) is 30.1 Å². The molecule has 3 heterocycles. The van der Waals surface area contributed by atoms with Gasteiger partial charge in [-0.2, -0.15) is 0 Å². The molecule has 144 valence electrons. The largest absolute Gasteiger partial charge is 0.445 e. The average Bonchev–Trinajstić information content (AvgIpc) is 3.13. The summed E-state index contributed by atoms with van der Waals surface area (Å²) in [5.41, 5.74) is 2.32. The molecule has 0 N–H and O–H groups in total. The van der Waals surface area contributed by atoms with Gasteiger partial charge in [-0.1, -0.05) is 30.3 Å². The minimum atomic E-state index is -0.338. The summed E-state index contributed by atoms with van der Waals surface area (Å²) in [7, 11) is 0. The number of nitrogens with zero attached hydrogens (tertiary/aromatic N) is 4. The van der Waals surface area contributed by atoms with Crippen molar-refractivity contribution in [2.24, 2.45) is 0 Å². The van der Waals surface area contributed by atoms with Crippen LogP contribution in [-0.2, 0) is 11.3 Å². The van der Waals surface area contributed by atoms with E-state index in [9.17, 15) is 9.59 Å². The maximum Gasteiger partial charge on any atom is 0.410 e. The number of hydrogen-bond acceptors (Lipinski definition) is 5. The van der Waals surface area contributed by atoms with Crippen molar-refractivity contribution in [2.45, 2.75) is 32.4 Å². The quantitative estimate of drug-likeness (QED) is 0.648. The third-order valence-electron chi connectivity index (χ3n) is 4.99. The number of ether oxygens (including phenoxy) is 1. The fourth-order valence-electron chi connectivity index (χ4n) is 3.67. The Morgan fingerprint density at radius 1 is 1.18 bits per heavy atom. The van der Waals surface area contributed by atoms with Crippen LogP contribution < -0.4 is 0 Å². The Balaban J connectivity index is 1.52. The number of ketones is 1. The summed E-state index contributed by atoms with van der Waals surface area (Å²) < 4.78 is 7.36. The van der Waals surface area contributed by atoms with Crippen molar-refractivity contribution < 1.29 is 14.3 Å². The summed E-state index contributed by atoms with van der Waals surface area (Å²) >= 11 is 0. The smallest absolute Gasteiger partial charge is 0.410 e. The highest BCUT2D eigenvalue weighted by Crippen LogP contribution is 2.27. The van der Waals surface area contributed by atoms with E-state index in [2.05, 4.69) is 9.97 Å². The lowest BCUT2D eigenvalue weighted by Gasteiger charge is -2.33. The molecule has 1 aliphatic rings. The molecule has 0 aliphatic carbocycles. The number of carbonyl (C=O) groups excluding carboxylic acids is 2. The van der Waals surface area contributed by atoms with Gasteiger partial charge >= 0.3 is 6.09 Å². The Labute approximate surface area is 163 Å². The van der Waals surface area contributed by atoms with Crippen molar-refractivity contribution in [2.75, 3.05) is 13.1 Å². The number of aromatic nitrogens is 3. The molecule has 7 nitrogen and oxygen atoms in total. The van der Waals surface area contributed by atoms with Crippen LogP contribution in [0.4, 0.5) is 4.79 Å². The number of imidazole rings is 1. The zero-order chi connectivity index (χ0) is 19.5. The van der Waals surface area contributed by atoms with Crippen LogP contribution in [0.25, 0.3) is 11.2 Å². The number of hydrogen-bond donors (Lipinski definition) is 0. The van der Waals surface area contributed by atoms with Gasteiger partial charge in [0.1, 0.15) is 12.1 Å². The number of piperidine rings is 1. The Hall–Kier alpha value is -3.22. The SMILES string of the molecule is CC(=O)c1nc2cccnc2n1[C@@H]1CCCN(C(=O)OCc2ccccc2)C1. The number of pyridine rings is 1. The first-order valence-electron chi connectivity index (χ1n) is 9.43. The summed E-state index contributed by atoms with van der Waals surface area (Å²) in [5.74, 6) is 0.278. The number of rotatable bonds is 4. The fraction of sp³-hybridized carbons (Fsp3) is 0.333. The molecule has 2 aromatic heterocycles. The number of likely N-dealkylation sites (tertiary alicyclic amines) is 1. The molecule has 1 aromatic carbocycles. The fourth-order valence-corrected chi connectivity index (χ4v) is 3.67. The monoisotopic (exact) mass is 378 g/mol. The molecular formula is C21H22N4O3. The van der Waals surface area contributed by atoms with E-state index < -0.39 is 0 Å². The summed E-state index contributed by atoms with van der Waals surface area (Å²) in [6.07, 6.45) is 3.04. The predicted octanol–water partition coefficient (Wildman–Crippen LogP) is 3.61. The van der Waals surface area contributed by atoms with Gasteiger partial charge in [-0.05, 0) is 30.5 Å². The van der Waals surface area contributed by atoms with Gasteiger partial charge in [0.15, 0.2) is 17.3 Å². The summed E-state index contributed by atoms with van der Waals surface area (Å²) in [4.78, 5) is 35.3. The minimum Gasteiger partial charge on any atom is -0.445 e. The molecule has 0 unspecified atom stereocenters. The third-order valence-corrected chi connectivity index (χ3v) is 4.99. The molecule has 1 fully saturated rings. The Bertz CT molecular complexity index is 999. The second kappa shape index (κ2) is 7.80. The molecular weight excluding hydrogens is 356 g/mol. The van der Waals surface area contributed by atoms with Gasteiger partial charge in [0.25, 0.3) is 0 Å².